The number of ether oxygens (including phenoxy) is 1. The van der Waals surface area contributed by atoms with Crippen LogP contribution in [0, 0.1) is 0 Å². The van der Waals surface area contributed by atoms with Gasteiger partial charge in [-0.05, 0) is 0 Å². The first kappa shape index (κ1) is 17.1. The van der Waals surface area contributed by atoms with E-state index in [4.69, 9.17) is 10.3 Å². The monoisotopic (exact) mass is 364 g/mol. The first-order valence-electron chi connectivity index (χ1n) is 6.03. The lowest BCUT2D eigenvalue weighted by Crippen LogP contribution is -2.74. The average Bonchev–Trinajstić information content (AvgIpc) is 2.84. The van der Waals surface area contributed by atoms with E-state index in [1.54, 1.807) is 5.38 Å². The van der Waals surface area contributed by atoms with Crippen molar-refractivity contribution in [2.24, 2.45) is 0 Å². The third kappa shape index (κ3) is 3.40. The first-order chi connectivity index (χ1) is 10.6. The van der Waals surface area contributed by atoms with Crippen LogP contribution in [-0.2, 0) is 35.8 Å². The number of β-lactam (4-membered cyclic amide) rings is 1. The van der Waals surface area contributed by atoms with Gasteiger partial charge in [0.05, 0.1) is 19.2 Å². The van der Waals surface area contributed by atoms with E-state index in [9.17, 15) is 22.8 Å². The molecule has 0 bridgehead atoms. The number of hydrogen-bond donors (Lipinski definition) is 3. The van der Waals surface area contributed by atoms with Crippen LogP contribution in [0.4, 0.5) is 5.13 Å². The van der Waals surface area contributed by atoms with Gasteiger partial charge in [0.1, 0.15) is 6.04 Å². The zero-order chi connectivity index (χ0) is 17.4. The van der Waals surface area contributed by atoms with Crippen LogP contribution in [0.3, 0.4) is 0 Å². The van der Waals surface area contributed by atoms with Crippen LogP contribution in [0.15, 0.2) is 5.38 Å². The molecule has 2 amide bonds. The summed E-state index contributed by atoms with van der Waals surface area (Å²) in [6.07, 6.45) is -0.211. The third-order valence-corrected chi connectivity index (χ3v) is 4.60. The SMILES string of the molecule is COC(=O)[C@@H]1[C@H](NC(=O)Cc2csc(N)n2)C(=O)N1S(=O)(=O)O. The largest absolute Gasteiger partial charge is 0.467 e. The second-order valence-electron chi connectivity index (χ2n) is 4.48. The van der Waals surface area contributed by atoms with Crippen molar-refractivity contribution in [3.63, 3.8) is 0 Å². The molecule has 1 aliphatic heterocycles. The molecule has 0 aromatic carbocycles. The number of carbonyl (C=O) groups excluding carboxylic acids is 3. The van der Waals surface area contributed by atoms with Crippen LogP contribution >= 0.6 is 11.3 Å². The molecule has 1 aliphatic rings. The van der Waals surface area contributed by atoms with Gasteiger partial charge >= 0.3 is 16.3 Å². The van der Waals surface area contributed by atoms with E-state index in [2.05, 4.69) is 15.0 Å². The third-order valence-electron chi connectivity index (χ3n) is 2.97. The zero-order valence-electron chi connectivity index (χ0n) is 11.6. The molecular weight excluding hydrogens is 352 g/mol. The van der Waals surface area contributed by atoms with Crippen molar-refractivity contribution in [2.45, 2.75) is 18.5 Å². The Morgan fingerprint density at radius 1 is 1.57 bits per heavy atom. The lowest BCUT2D eigenvalue weighted by atomic mass is 9.98. The summed E-state index contributed by atoms with van der Waals surface area (Å²) in [6, 6.07) is -3.11. The highest BCUT2D eigenvalue weighted by atomic mass is 32.2. The Labute approximate surface area is 134 Å². The van der Waals surface area contributed by atoms with Crippen molar-refractivity contribution in [2.75, 3.05) is 12.8 Å². The molecule has 1 fully saturated rings. The fourth-order valence-electron chi connectivity index (χ4n) is 2.01. The molecule has 0 unspecified atom stereocenters. The Hall–Kier alpha value is -2.25. The minimum absolute atomic E-state index is 0.0510. The van der Waals surface area contributed by atoms with Gasteiger partial charge in [0.15, 0.2) is 11.2 Å². The Balaban J connectivity index is 2.10. The van der Waals surface area contributed by atoms with Crippen molar-refractivity contribution in [1.82, 2.24) is 14.6 Å². The van der Waals surface area contributed by atoms with Gasteiger partial charge in [0, 0.05) is 5.38 Å². The predicted octanol–water partition coefficient (Wildman–Crippen LogP) is -2.06. The number of anilines is 1. The second-order valence-corrected chi connectivity index (χ2v) is 6.66. The fraction of sp³-hybridized carbons (Fsp3) is 0.400. The normalized spacial score (nSPS) is 20.8. The van der Waals surface area contributed by atoms with Gasteiger partial charge in [-0.3, -0.25) is 14.1 Å². The Kier molecular flexibility index (Phi) is 4.53. The van der Waals surface area contributed by atoms with E-state index in [1.165, 1.54) is 0 Å². The summed E-state index contributed by atoms with van der Waals surface area (Å²) in [5.41, 5.74) is 5.78. The molecule has 13 heteroatoms. The number of nitrogens with two attached hydrogens (primary N) is 1. The van der Waals surface area contributed by atoms with E-state index in [0.717, 1.165) is 18.4 Å². The number of esters is 1. The molecule has 0 radical (unpaired) electrons. The molecule has 2 heterocycles. The summed E-state index contributed by atoms with van der Waals surface area (Å²) in [4.78, 5) is 39.1. The molecular formula is C10H12N4O7S2. The van der Waals surface area contributed by atoms with Crippen LogP contribution in [0.2, 0.25) is 0 Å². The van der Waals surface area contributed by atoms with Crippen LogP contribution in [0.1, 0.15) is 5.69 Å². The Morgan fingerprint density at radius 3 is 2.70 bits per heavy atom. The molecule has 11 nitrogen and oxygen atoms in total. The quantitative estimate of drug-likeness (QED) is 0.302. The summed E-state index contributed by atoms with van der Waals surface area (Å²) in [6.45, 7) is 0. The summed E-state index contributed by atoms with van der Waals surface area (Å²) < 4.78 is 35.5. The van der Waals surface area contributed by atoms with Crippen LogP contribution in [0.5, 0.6) is 0 Å². The number of nitrogens with one attached hydrogen (secondary N) is 1. The molecule has 2 rings (SSSR count). The summed E-state index contributed by atoms with van der Waals surface area (Å²) in [7, 11) is -3.96. The van der Waals surface area contributed by atoms with Gasteiger partial charge in [-0.15, -0.1) is 11.3 Å². The lowest BCUT2D eigenvalue weighted by Gasteiger charge is -2.41. The topological polar surface area (TPSA) is 169 Å². The average molecular weight is 364 g/mol. The van der Waals surface area contributed by atoms with Crippen molar-refractivity contribution in [3.8, 4) is 0 Å². The Morgan fingerprint density at radius 2 is 2.22 bits per heavy atom. The van der Waals surface area contributed by atoms with Gasteiger partial charge in [0.25, 0.3) is 5.91 Å². The van der Waals surface area contributed by atoms with E-state index < -0.39 is 40.2 Å². The maximum atomic E-state index is 11.9. The number of thiazole rings is 1. The van der Waals surface area contributed by atoms with Crippen LogP contribution in [0.25, 0.3) is 0 Å². The molecule has 2 atom stereocenters. The van der Waals surface area contributed by atoms with Crippen LogP contribution < -0.4 is 11.1 Å². The van der Waals surface area contributed by atoms with Gasteiger partial charge in [0.2, 0.25) is 5.91 Å². The van der Waals surface area contributed by atoms with Crippen molar-refractivity contribution in [1.29, 1.82) is 0 Å². The van der Waals surface area contributed by atoms with E-state index in [1.807, 2.05) is 0 Å². The van der Waals surface area contributed by atoms with Gasteiger partial charge in [-0.2, -0.15) is 12.7 Å². The smallest absolute Gasteiger partial charge is 0.363 e. The molecule has 23 heavy (non-hydrogen) atoms. The molecule has 0 spiro atoms. The molecule has 1 aromatic heterocycles. The van der Waals surface area contributed by atoms with Gasteiger partial charge < -0.3 is 15.8 Å². The number of nitrogens with zero attached hydrogens (tertiary/aromatic N) is 2. The van der Waals surface area contributed by atoms with Crippen molar-refractivity contribution in [3.05, 3.63) is 11.1 Å². The first-order valence-corrected chi connectivity index (χ1v) is 8.30. The number of aromatic nitrogens is 1. The standard InChI is InChI=1S/C10H12N4O7S2/c1-21-9(17)7-6(8(16)14(7)23(18,19)20)13-5(15)2-4-3-22-10(11)12-4/h3,6-7H,2H2,1H3,(H2,11,12)(H,13,15)(H,18,19,20)/t6-,7-/m0/s1. The van der Waals surface area contributed by atoms with Gasteiger partial charge in [-0.1, -0.05) is 0 Å². The fourth-order valence-corrected chi connectivity index (χ4v) is 3.40. The number of hydrogen-bond acceptors (Lipinski definition) is 9. The number of methoxy groups -OCH3 is 1. The maximum absolute atomic E-state index is 11.9. The van der Waals surface area contributed by atoms with Crippen molar-refractivity contribution >= 4 is 44.6 Å². The number of amides is 2. The van der Waals surface area contributed by atoms with Crippen molar-refractivity contribution < 1.29 is 32.1 Å². The van der Waals surface area contributed by atoms with E-state index in [-0.39, 0.29) is 15.9 Å². The molecule has 1 saturated heterocycles. The second kappa shape index (κ2) is 6.10. The highest BCUT2D eigenvalue weighted by molar-refractivity contribution is 7.84. The zero-order valence-corrected chi connectivity index (χ0v) is 13.3. The molecule has 0 aliphatic carbocycles. The number of rotatable bonds is 5. The molecule has 1 aromatic rings. The highest BCUT2D eigenvalue weighted by Gasteiger charge is 2.58. The summed E-state index contributed by atoms with van der Waals surface area (Å²) in [5, 5.41) is 4.01. The maximum Gasteiger partial charge on any atom is 0.363 e. The molecule has 0 saturated carbocycles. The number of carbonyl (C=O) groups is 3. The van der Waals surface area contributed by atoms with E-state index >= 15 is 0 Å². The number of nitrogen functional groups attached to an aromatic ring is 1. The molecule has 126 valence electrons. The molecule has 4 N–H and O–H groups in total. The predicted molar refractivity (Wildman–Crippen MR) is 76.4 cm³/mol. The highest BCUT2D eigenvalue weighted by Crippen LogP contribution is 2.24. The Bertz CT molecular complexity index is 759. The minimum Gasteiger partial charge on any atom is -0.467 e. The van der Waals surface area contributed by atoms with E-state index in [0.29, 0.717) is 5.69 Å². The van der Waals surface area contributed by atoms with Crippen LogP contribution in [-0.4, -0.2) is 59.2 Å². The lowest BCUT2D eigenvalue weighted by molar-refractivity contribution is -0.162. The minimum atomic E-state index is -4.94. The summed E-state index contributed by atoms with van der Waals surface area (Å²) >= 11 is 1.12. The summed E-state index contributed by atoms with van der Waals surface area (Å²) in [5.74, 6) is -2.91. The van der Waals surface area contributed by atoms with Gasteiger partial charge in [-0.25, -0.2) is 9.78 Å².